The highest BCUT2D eigenvalue weighted by Gasteiger charge is 2.16. The Hall–Kier alpha value is -3.34. The summed E-state index contributed by atoms with van der Waals surface area (Å²) in [5, 5.41) is -0.297. The van der Waals surface area contributed by atoms with Crippen molar-refractivity contribution in [1.82, 2.24) is 20.6 Å². The standard InChI is InChI=1S/C20H16ClFN4O4S/c21-17-11-16(5-6-18(17)22)31(29,30)24-12-13-1-3-14(4-2-13)19(27)25-26-20(28)15-7-9-23-10-8-15/h1-11,24H,12H2,(H,25,27)(H,26,28). The van der Waals surface area contributed by atoms with E-state index in [2.05, 4.69) is 20.6 Å². The molecule has 0 atom stereocenters. The van der Waals surface area contributed by atoms with Crippen LogP contribution >= 0.6 is 11.6 Å². The second-order valence-corrected chi connectivity index (χ2v) is 8.42. The van der Waals surface area contributed by atoms with E-state index in [1.807, 2.05) is 0 Å². The Morgan fingerprint density at radius 2 is 1.48 bits per heavy atom. The van der Waals surface area contributed by atoms with Crippen LogP contribution < -0.4 is 15.6 Å². The Kier molecular flexibility index (Phi) is 6.95. The lowest BCUT2D eigenvalue weighted by molar-refractivity contribution is 0.0846. The van der Waals surface area contributed by atoms with Crippen LogP contribution in [0, 0.1) is 5.82 Å². The molecule has 0 saturated carbocycles. The fourth-order valence-electron chi connectivity index (χ4n) is 2.44. The summed E-state index contributed by atoms with van der Waals surface area (Å²) < 4.78 is 40.2. The number of carbonyl (C=O) groups is 2. The van der Waals surface area contributed by atoms with Gasteiger partial charge in [-0.3, -0.25) is 25.4 Å². The SMILES string of the molecule is O=C(NNC(=O)c1ccc(CNS(=O)(=O)c2ccc(F)c(Cl)c2)cc1)c1ccncc1. The molecule has 31 heavy (non-hydrogen) atoms. The van der Waals surface area contributed by atoms with Crippen LogP contribution in [0.15, 0.2) is 71.9 Å². The van der Waals surface area contributed by atoms with Gasteiger partial charge in [-0.1, -0.05) is 23.7 Å². The topological polar surface area (TPSA) is 117 Å². The predicted octanol–water partition coefficient (Wildman–Crippen LogP) is 2.43. The van der Waals surface area contributed by atoms with Gasteiger partial charge in [-0.25, -0.2) is 17.5 Å². The van der Waals surface area contributed by atoms with Gasteiger partial charge in [0.25, 0.3) is 11.8 Å². The van der Waals surface area contributed by atoms with Crippen molar-refractivity contribution in [2.45, 2.75) is 11.4 Å². The van der Waals surface area contributed by atoms with E-state index in [0.29, 0.717) is 11.1 Å². The molecule has 0 unspecified atom stereocenters. The minimum Gasteiger partial charge on any atom is -0.267 e. The third kappa shape index (κ3) is 5.85. The Bertz CT molecular complexity index is 1210. The van der Waals surface area contributed by atoms with Gasteiger partial charge in [-0.15, -0.1) is 0 Å². The van der Waals surface area contributed by atoms with Crippen LogP contribution in [-0.2, 0) is 16.6 Å². The molecule has 0 aliphatic heterocycles. The third-order valence-electron chi connectivity index (χ3n) is 4.12. The van der Waals surface area contributed by atoms with Crippen molar-refractivity contribution in [3.05, 3.63) is 94.5 Å². The number of hydrogen-bond donors (Lipinski definition) is 3. The van der Waals surface area contributed by atoms with E-state index in [1.54, 1.807) is 12.1 Å². The number of halogens is 2. The average molecular weight is 463 g/mol. The first-order chi connectivity index (χ1) is 14.8. The molecule has 1 aromatic heterocycles. The van der Waals surface area contributed by atoms with Crippen molar-refractivity contribution in [2.24, 2.45) is 0 Å². The molecule has 0 bridgehead atoms. The molecule has 11 heteroatoms. The van der Waals surface area contributed by atoms with E-state index in [1.165, 1.54) is 36.7 Å². The lowest BCUT2D eigenvalue weighted by atomic mass is 10.1. The highest BCUT2D eigenvalue weighted by atomic mass is 35.5. The molecular formula is C20H16ClFN4O4S. The first kappa shape index (κ1) is 22.3. The first-order valence-electron chi connectivity index (χ1n) is 8.80. The van der Waals surface area contributed by atoms with Crippen LogP contribution in [0.2, 0.25) is 5.02 Å². The molecule has 3 N–H and O–H groups in total. The van der Waals surface area contributed by atoms with Crippen molar-refractivity contribution >= 4 is 33.4 Å². The number of benzene rings is 2. The second kappa shape index (κ2) is 9.65. The van der Waals surface area contributed by atoms with E-state index in [9.17, 15) is 22.4 Å². The van der Waals surface area contributed by atoms with E-state index in [-0.39, 0.29) is 22.0 Å². The summed E-state index contributed by atoms with van der Waals surface area (Å²) in [5.41, 5.74) is 5.75. The van der Waals surface area contributed by atoms with Crippen molar-refractivity contribution in [2.75, 3.05) is 0 Å². The Balaban J connectivity index is 1.56. The third-order valence-corrected chi connectivity index (χ3v) is 5.80. The van der Waals surface area contributed by atoms with Crippen LogP contribution in [0.3, 0.4) is 0 Å². The van der Waals surface area contributed by atoms with Gasteiger partial charge in [0.2, 0.25) is 10.0 Å². The molecule has 0 aliphatic carbocycles. The molecule has 1 heterocycles. The van der Waals surface area contributed by atoms with Crippen LogP contribution in [-0.4, -0.2) is 25.2 Å². The van der Waals surface area contributed by atoms with Gasteiger partial charge < -0.3 is 0 Å². The molecule has 0 saturated heterocycles. The Labute approximate surface area is 182 Å². The number of rotatable bonds is 6. The number of carbonyl (C=O) groups excluding carboxylic acids is 2. The van der Waals surface area contributed by atoms with Crippen molar-refractivity contribution in [1.29, 1.82) is 0 Å². The molecule has 8 nitrogen and oxygen atoms in total. The van der Waals surface area contributed by atoms with E-state index < -0.39 is 27.7 Å². The molecule has 2 aromatic carbocycles. The molecule has 0 aliphatic rings. The van der Waals surface area contributed by atoms with Crippen LogP contribution in [0.25, 0.3) is 0 Å². The largest absolute Gasteiger partial charge is 0.269 e. The Morgan fingerprint density at radius 3 is 2.06 bits per heavy atom. The minimum atomic E-state index is -3.90. The number of hydrazine groups is 1. The van der Waals surface area contributed by atoms with Crippen LogP contribution in [0.4, 0.5) is 4.39 Å². The lowest BCUT2D eigenvalue weighted by Crippen LogP contribution is -2.41. The van der Waals surface area contributed by atoms with E-state index >= 15 is 0 Å². The highest BCUT2D eigenvalue weighted by Crippen LogP contribution is 2.19. The molecule has 0 fully saturated rings. The van der Waals surface area contributed by atoms with Gasteiger partial charge in [0, 0.05) is 30.1 Å². The molecule has 2 amide bonds. The lowest BCUT2D eigenvalue weighted by Gasteiger charge is -2.09. The normalized spacial score (nSPS) is 11.0. The van der Waals surface area contributed by atoms with Crippen LogP contribution in [0.1, 0.15) is 26.3 Å². The maximum absolute atomic E-state index is 13.2. The number of amides is 2. The van der Waals surface area contributed by atoms with Gasteiger partial charge in [0.1, 0.15) is 5.82 Å². The van der Waals surface area contributed by atoms with Crippen molar-refractivity contribution < 1.29 is 22.4 Å². The number of pyridine rings is 1. The Morgan fingerprint density at radius 1 is 0.903 bits per heavy atom. The molecule has 3 rings (SSSR count). The maximum atomic E-state index is 13.2. The monoisotopic (exact) mass is 462 g/mol. The summed E-state index contributed by atoms with van der Waals surface area (Å²) in [6.07, 6.45) is 2.91. The molecule has 3 aromatic rings. The highest BCUT2D eigenvalue weighted by molar-refractivity contribution is 7.89. The maximum Gasteiger partial charge on any atom is 0.269 e. The molecule has 0 spiro atoms. The summed E-state index contributed by atoms with van der Waals surface area (Å²) in [6, 6.07) is 12.2. The van der Waals surface area contributed by atoms with E-state index in [0.717, 1.165) is 18.2 Å². The zero-order valence-corrected chi connectivity index (χ0v) is 17.4. The van der Waals surface area contributed by atoms with Crippen molar-refractivity contribution in [3.63, 3.8) is 0 Å². The van der Waals surface area contributed by atoms with Crippen LogP contribution in [0.5, 0.6) is 0 Å². The second-order valence-electron chi connectivity index (χ2n) is 6.24. The molecule has 160 valence electrons. The average Bonchev–Trinajstić information content (AvgIpc) is 2.78. The molecular weight excluding hydrogens is 447 g/mol. The quantitative estimate of drug-likeness (QED) is 0.486. The zero-order valence-electron chi connectivity index (χ0n) is 15.8. The zero-order chi connectivity index (χ0) is 22.4. The number of nitrogens with one attached hydrogen (secondary N) is 3. The van der Waals surface area contributed by atoms with E-state index in [4.69, 9.17) is 11.6 Å². The number of hydrogen-bond acceptors (Lipinski definition) is 5. The van der Waals surface area contributed by atoms with Gasteiger partial charge in [0.05, 0.1) is 9.92 Å². The summed E-state index contributed by atoms with van der Waals surface area (Å²) in [6.45, 7) is -0.0575. The van der Waals surface area contributed by atoms with Gasteiger partial charge in [-0.05, 0) is 48.0 Å². The smallest absolute Gasteiger partial charge is 0.267 e. The summed E-state index contributed by atoms with van der Waals surface area (Å²) in [7, 11) is -3.90. The summed E-state index contributed by atoms with van der Waals surface area (Å²) >= 11 is 5.63. The summed E-state index contributed by atoms with van der Waals surface area (Å²) in [4.78, 5) is 27.7. The van der Waals surface area contributed by atoms with Gasteiger partial charge in [0.15, 0.2) is 0 Å². The summed E-state index contributed by atoms with van der Waals surface area (Å²) in [5.74, 6) is -1.76. The number of sulfonamides is 1. The number of aromatic nitrogens is 1. The predicted molar refractivity (Wildman–Crippen MR) is 111 cm³/mol. The first-order valence-corrected chi connectivity index (χ1v) is 10.7. The molecule has 0 radical (unpaired) electrons. The van der Waals surface area contributed by atoms with Gasteiger partial charge >= 0.3 is 0 Å². The van der Waals surface area contributed by atoms with Gasteiger partial charge in [-0.2, -0.15) is 0 Å². The fourth-order valence-corrected chi connectivity index (χ4v) is 3.73. The van der Waals surface area contributed by atoms with Crippen molar-refractivity contribution in [3.8, 4) is 0 Å². The fraction of sp³-hybridized carbons (Fsp3) is 0.0500. The minimum absolute atomic E-state index is 0.0575. The number of nitrogens with zero attached hydrogens (tertiary/aromatic N) is 1.